The molecular formula is C8H12BrF2NO2. The van der Waals surface area contributed by atoms with Crippen molar-refractivity contribution in [2.45, 2.75) is 25.8 Å². The molecule has 1 amide bonds. The van der Waals surface area contributed by atoms with Crippen LogP contribution in [0.1, 0.15) is 13.8 Å². The molecule has 0 N–H and O–H groups in total. The average Bonchev–Trinajstić information content (AvgIpc) is 2.13. The molecule has 0 fully saturated rings. The van der Waals surface area contributed by atoms with Gasteiger partial charge in [0.25, 0.3) is 5.91 Å². The molecule has 0 radical (unpaired) electrons. The van der Waals surface area contributed by atoms with Crippen LogP contribution in [0.4, 0.5) is 8.78 Å². The molecule has 0 bridgehead atoms. The lowest BCUT2D eigenvalue weighted by molar-refractivity contribution is -0.150. The fourth-order valence-electron chi connectivity index (χ4n) is 0.772. The lowest BCUT2D eigenvalue weighted by Gasteiger charge is -2.33. The van der Waals surface area contributed by atoms with Crippen LogP contribution in [0.5, 0.6) is 0 Å². The SMILES string of the molecule is CN(C(=O)C(F)F)C(C)(C)C(=O)CBr. The van der Waals surface area contributed by atoms with Gasteiger partial charge in [0.15, 0.2) is 5.78 Å². The van der Waals surface area contributed by atoms with Crippen LogP contribution in [0.15, 0.2) is 0 Å². The van der Waals surface area contributed by atoms with Crippen molar-refractivity contribution in [1.82, 2.24) is 4.90 Å². The molecule has 0 aromatic heterocycles. The van der Waals surface area contributed by atoms with Crippen LogP contribution in [0, 0.1) is 0 Å². The fraction of sp³-hybridized carbons (Fsp3) is 0.750. The molecule has 0 aromatic rings. The molecule has 0 aliphatic carbocycles. The van der Waals surface area contributed by atoms with E-state index >= 15 is 0 Å². The molecule has 0 aromatic carbocycles. The van der Waals surface area contributed by atoms with Crippen molar-refractivity contribution < 1.29 is 18.4 Å². The summed E-state index contributed by atoms with van der Waals surface area (Å²) in [7, 11) is 1.19. The van der Waals surface area contributed by atoms with E-state index in [-0.39, 0.29) is 11.1 Å². The minimum Gasteiger partial charge on any atom is -0.329 e. The van der Waals surface area contributed by atoms with E-state index in [1.54, 1.807) is 0 Å². The van der Waals surface area contributed by atoms with Crippen molar-refractivity contribution in [1.29, 1.82) is 0 Å². The third-order valence-electron chi connectivity index (χ3n) is 2.16. The number of halogens is 3. The summed E-state index contributed by atoms with van der Waals surface area (Å²) >= 11 is 2.93. The Morgan fingerprint density at radius 1 is 1.43 bits per heavy atom. The molecule has 0 unspecified atom stereocenters. The zero-order valence-electron chi connectivity index (χ0n) is 8.18. The zero-order chi connectivity index (χ0) is 11.5. The third-order valence-corrected chi connectivity index (χ3v) is 2.67. The predicted octanol–water partition coefficient (Wildman–Crippen LogP) is 1.45. The number of Topliss-reactive ketones (excluding diaryl/α,β-unsaturated/α-hetero) is 1. The van der Waals surface area contributed by atoms with Crippen molar-refractivity contribution in [2.75, 3.05) is 12.4 Å². The largest absolute Gasteiger partial charge is 0.329 e. The number of carbonyl (C=O) groups is 2. The molecule has 14 heavy (non-hydrogen) atoms. The third kappa shape index (κ3) is 2.73. The summed E-state index contributed by atoms with van der Waals surface area (Å²) in [5.41, 5.74) is -1.21. The van der Waals surface area contributed by atoms with Gasteiger partial charge in [0.05, 0.1) is 10.9 Å². The van der Waals surface area contributed by atoms with Crippen molar-refractivity contribution in [3.05, 3.63) is 0 Å². The highest BCUT2D eigenvalue weighted by Gasteiger charge is 2.37. The Bertz CT molecular complexity index is 243. The van der Waals surface area contributed by atoms with E-state index in [2.05, 4.69) is 15.9 Å². The Morgan fingerprint density at radius 3 is 2.14 bits per heavy atom. The molecule has 0 aliphatic heterocycles. The van der Waals surface area contributed by atoms with E-state index in [0.717, 1.165) is 4.90 Å². The lowest BCUT2D eigenvalue weighted by atomic mass is 9.98. The van der Waals surface area contributed by atoms with Crippen LogP contribution in [0.2, 0.25) is 0 Å². The summed E-state index contributed by atoms with van der Waals surface area (Å²) in [6, 6.07) is 0. The van der Waals surface area contributed by atoms with Gasteiger partial charge in [0, 0.05) is 7.05 Å². The smallest absolute Gasteiger partial charge is 0.315 e. The highest BCUT2D eigenvalue weighted by molar-refractivity contribution is 9.09. The van der Waals surface area contributed by atoms with E-state index in [1.807, 2.05) is 0 Å². The van der Waals surface area contributed by atoms with Crippen molar-refractivity contribution in [3.63, 3.8) is 0 Å². The van der Waals surface area contributed by atoms with Crippen LogP contribution >= 0.6 is 15.9 Å². The molecule has 0 saturated carbocycles. The van der Waals surface area contributed by atoms with Gasteiger partial charge >= 0.3 is 6.43 Å². The lowest BCUT2D eigenvalue weighted by Crippen LogP contribution is -2.53. The van der Waals surface area contributed by atoms with Crippen LogP contribution in [-0.4, -0.2) is 40.9 Å². The highest BCUT2D eigenvalue weighted by atomic mass is 79.9. The number of amides is 1. The zero-order valence-corrected chi connectivity index (χ0v) is 9.77. The van der Waals surface area contributed by atoms with Gasteiger partial charge in [-0.25, -0.2) is 0 Å². The number of likely N-dealkylation sites (N-methyl/N-ethyl adjacent to an activating group) is 1. The van der Waals surface area contributed by atoms with Gasteiger partial charge in [-0.05, 0) is 13.8 Å². The molecule has 0 heterocycles. The van der Waals surface area contributed by atoms with E-state index in [1.165, 1.54) is 20.9 Å². The van der Waals surface area contributed by atoms with E-state index in [4.69, 9.17) is 0 Å². The Balaban J connectivity index is 4.74. The standard InChI is InChI=1S/C8H12BrF2NO2/c1-8(2,5(13)4-9)12(3)7(14)6(10)11/h6H,4H2,1-3H3. The van der Waals surface area contributed by atoms with Crippen LogP contribution < -0.4 is 0 Å². The molecule has 3 nitrogen and oxygen atoms in total. The Labute approximate surface area is 89.6 Å². The predicted molar refractivity (Wildman–Crippen MR) is 51.7 cm³/mol. The average molecular weight is 272 g/mol. The summed E-state index contributed by atoms with van der Waals surface area (Å²) < 4.78 is 24.1. The normalized spacial score (nSPS) is 11.6. The van der Waals surface area contributed by atoms with E-state index in [9.17, 15) is 18.4 Å². The monoisotopic (exact) mass is 271 g/mol. The summed E-state index contributed by atoms with van der Waals surface area (Å²) in [5, 5.41) is 0.0286. The molecule has 0 rings (SSSR count). The second-order valence-electron chi connectivity index (χ2n) is 3.31. The summed E-state index contributed by atoms with van der Waals surface area (Å²) in [5.74, 6) is -1.67. The molecule has 6 heteroatoms. The maximum Gasteiger partial charge on any atom is 0.315 e. The number of nitrogens with zero attached hydrogens (tertiary/aromatic N) is 1. The fourth-order valence-corrected chi connectivity index (χ4v) is 1.46. The summed E-state index contributed by atoms with van der Waals surface area (Å²) in [6.07, 6.45) is -3.08. The Morgan fingerprint density at radius 2 is 1.86 bits per heavy atom. The molecule has 0 saturated heterocycles. The van der Waals surface area contributed by atoms with Gasteiger partial charge in [-0.3, -0.25) is 9.59 Å². The number of rotatable bonds is 4. The highest BCUT2D eigenvalue weighted by Crippen LogP contribution is 2.17. The van der Waals surface area contributed by atoms with Crippen molar-refractivity contribution in [2.24, 2.45) is 0 Å². The van der Waals surface area contributed by atoms with Gasteiger partial charge in [-0.1, -0.05) is 15.9 Å². The molecule has 0 spiro atoms. The quantitative estimate of drug-likeness (QED) is 0.726. The van der Waals surface area contributed by atoms with E-state index in [0.29, 0.717) is 0 Å². The maximum atomic E-state index is 12.1. The van der Waals surface area contributed by atoms with E-state index < -0.39 is 17.9 Å². The first-order valence-corrected chi connectivity index (χ1v) is 5.02. The Hall–Kier alpha value is -0.520. The molecular weight excluding hydrogens is 260 g/mol. The number of alkyl halides is 3. The number of hydrogen-bond donors (Lipinski definition) is 0. The van der Waals surface area contributed by atoms with Crippen LogP contribution in [0.25, 0.3) is 0 Å². The maximum absolute atomic E-state index is 12.1. The van der Waals surface area contributed by atoms with Gasteiger partial charge in [-0.2, -0.15) is 8.78 Å². The van der Waals surface area contributed by atoms with Crippen LogP contribution in [0.3, 0.4) is 0 Å². The topological polar surface area (TPSA) is 37.4 Å². The van der Waals surface area contributed by atoms with Gasteiger partial charge in [0.1, 0.15) is 0 Å². The number of hydrogen-bond acceptors (Lipinski definition) is 2. The number of carbonyl (C=O) groups excluding carboxylic acids is 2. The molecule has 0 aliphatic rings. The summed E-state index contributed by atoms with van der Waals surface area (Å²) in [4.78, 5) is 23.0. The minimum atomic E-state index is -3.08. The first-order chi connectivity index (χ1) is 6.25. The van der Waals surface area contributed by atoms with Crippen molar-refractivity contribution in [3.8, 4) is 0 Å². The van der Waals surface area contributed by atoms with Gasteiger partial charge < -0.3 is 4.90 Å². The first-order valence-electron chi connectivity index (χ1n) is 3.90. The van der Waals surface area contributed by atoms with Gasteiger partial charge in [0.2, 0.25) is 0 Å². The van der Waals surface area contributed by atoms with Crippen molar-refractivity contribution >= 4 is 27.6 Å². The van der Waals surface area contributed by atoms with Gasteiger partial charge in [-0.15, -0.1) is 0 Å². The van der Waals surface area contributed by atoms with Crippen LogP contribution in [-0.2, 0) is 9.59 Å². The number of ketones is 1. The Kier molecular flexibility index (Phi) is 4.64. The summed E-state index contributed by atoms with van der Waals surface area (Å²) in [6.45, 7) is 2.85. The minimum absolute atomic E-state index is 0.0286. The first kappa shape index (κ1) is 13.5. The second kappa shape index (κ2) is 4.82. The molecule has 0 atom stereocenters. The second-order valence-corrected chi connectivity index (χ2v) is 3.87. The molecule has 82 valence electrons.